The van der Waals surface area contributed by atoms with Crippen molar-refractivity contribution >= 4 is 23.1 Å². The lowest BCUT2D eigenvalue weighted by Crippen LogP contribution is -2.36. The van der Waals surface area contributed by atoms with E-state index >= 15 is 0 Å². The maximum Gasteiger partial charge on any atom is 0.278 e. The smallest absolute Gasteiger partial charge is 0.278 e. The summed E-state index contributed by atoms with van der Waals surface area (Å²) in [5.41, 5.74) is 3.30. The van der Waals surface area contributed by atoms with Crippen molar-refractivity contribution in [2.45, 2.75) is 32.8 Å². The molecule has 1 N–H and O–H groups in total. The number of aryl methyl sites for hydroxylation is 1. The van der Waals surface area contributed by atoms with Gasteiger partial charge in [0.2, 0.25) is 0 Å². The van der Waals surface area contributed by atoms with E-state index in [0.29, 0.717) is 18.1 Å². The monoisotopic (exact) mass is 388 g/mol. The average Bonchev–Trinajstić information content (AvgIpc) is 2.74. The minimum Gasteiger partial charge on any atom is -0.489 e. The van der Waals surface area contributed by atoms with Crippen LogP contribution in [-0.4, -0.2) is 28.5 Å². The molecule has 2 aromatic carbocycles. The van der Waals surface area contributed by atoms with E-state index in [1.807, 2.05) is 56.3 Å². The number of benzene rings is 2. The molecule has 4 rings (SSSR count). The topological polar surface area (TPSA) is 67.3 Å². The molecule has 3 aromatic rings. The summed E-state index contributed by atoms with van der Waals surface area (Å²) in [6.07, 6.45) is 5.11. The quantitative estimate of drug-likeness (QED) is 0.692. The van der Waals surface area contributed by atoms with Gasteiger partial charge in [-0.25, -0.2) is 9.97 Å². The molecule has 1 amide bonds. The number of nitrogens with zero attached hydrogens (tertiary/aromatic N) is 3. The first-order valence-corrected chi connectivity index (χ1v) is 9.86. The number of nitrogens with one attached hydrogen (secondary N) is 1. The van der Waals surface area contributed by atoms with E-state index in [2.05, 4.69) is 21.4 Å². The number of carbonyl (C=O) groups excluding carboxylic acids is 1. The second-order valence-corrected chi connectivity index (χ2v) is 7.26. The van der Waals surface area contributed by atoms with Crippen LogP contribution in [0.25, 0.3) is 0 Å². The van der Waals surface area contributed by atoms with E-state index in [1.54, 1.807) is 11.1 Å². The van der Waals surface area contributed by atoms with E-state index in [-0.39, 0.29) is 12.0 Å². The van der Waals surface area contributed by atoms with Gasteiger partial charge in [-0.3, -0.25) is 4.79 Å². The van der Waals surface area contributed by atoms with Crippen molar-refractivity contribution in [3.05, 3.63) is 72.2 Å². The van der Waals surface area contributed by atoms with Crippen LogP contribution in [0.3, 0.4) is 0 Å². The van der Waals surface area contributed by atoms with Gasteiger partial charge in [0.25, 0.3) is 5.91 Å². The van der Waals surface area contributed by atoms with Crippen LogP contribution >= 0.6 is 0 Å². The Hall–Kier alpha value is -3.41. The highest BCUT2D eigenvalue weighted by Gasteiger charge is 2.24. The third kappa shape index (κ3) is 4.21. The lowest BCUT2D eigenvalue weighted by atomic mass is 10.0. The summed E-state index contributed by atoms with van der Waals surface area (Å²) in [6.45, 7) is 4.66. The number of hydrogen-bond acceptors (Lipinski definition) is 5. The average molecular weight is 388 g/mol. The number of rotatable bonds is 5. The van der Waals surface area contributed by atoms with E-state index in [1.165, 1.54) is 11.8 Å². The van der Waals surface area contributed by atoms with Crippen LogP contribution in [0.4, 0.5) is 17.2 Å². The number of fused-ring (bicyclic) bond motifs is 1. The molecule has 148 valence electrons. The van der Waals surface area contributed by atoms with Crippen molar-refractivity contribution in [3.8, 4) is 5.75 Å². The minimum atomic E-state index is -0.125. The Labute approximate surface area is 170 Å². The second kappa shape index (κ2) is 8.31. The van der Waals surface area contributed by atoms with Gasteiger partial charge in [0, 0.05) is 12.2 Å². The summed E-state index contributed by atoms with van der Waals surface area (Å²) in [7, 11) is 0. The molecule has 0 radical (unpaired) electrons. The van der Waals surface area contributed by atoms with Crippen LogP contribution < -0.4 is 15.0 Å². The van der Waals surface area contributed by atoms with Crippen LogP contribution in [0.2, 0.25) is 0 Å². The molecule has 0 spiro atoms. The van der Waals surface area contributed by atoms with Gasteiger partial charge in [-0.2, -0.15) is 0 Å². The Kier molecular flexibility index (Phi) is 5.42. The number of para-hydroxylation sites is 3. The number of anilines is 3. The number of ether oxygens (including phenoxy) is 1. The van der Waals surface area contributed by atoms with Crippen molar-refractivity contribution in [1.29, 1.82) is 0 Å². The zero-order valence-corrected chi connectivity index (χ0v) is 16.6. The summed E-state index contributed by atoms with van der Waals surface area (Å²) in [4.78, 5) is 23.5. The van der Waals surface area contributed by atoms with Crippen molar-refractivity contribution in [2.24, 2.45) is 0 Å². The van der Waals surface area contributed by atoms with Gasteiger partial charge in [-0.05, 0) is 50.5 Å². The molecule has 0 saturated heterocycles. The zero-order chi connectivity index (χ0) is 20.2. The fourth-order valence-electron chi connectivity index (χ4n) is 3.45. The van der Waals surface area contributed by atoms with Crippen molar-refractivity contribution < 1.29 is 9.53 Å². The summed E-state index contributed by atoms with van der Waals surface area (Å²) in [5, 5.41) is 3.22. The molecule has 6 nitrogen and oxygen atoms in total. The summed E-state index contributed by atoms with van der Waals surface area (Å²) in [6, 6.07) is 15.7. The standard InChI is InChI=1S/C23H24N4O2/c1-16(2)29-21-12-6-4-10-18(21)26-22-15-24-19(14-25-22)23(28)27-13-7-9-17-8-3-5-11-20(17)27/h3-6,8,10-12,14-16H,7,9,13H2,1-2H3,(H,25,26). The highest BCUT2D eigenvalue weighted by atomic mass is 16.5. The van der Waals surface area contributed by atoms with Crippen LogP contribution in [-0.2, 0) is 6.42 Å². The number of aromatic nitrogens is 2. The van der Waals surface area contributed by atoms with Crippen molar-refractivity contribution in [2.75, 3.05) is 16.8 Å². The lowest BCUT2D eigenvalue weighted by molar-refractivity contribution is 0.0980. The molecular formula is C23H24N4O2. The van der Waals surface area contributed by atoms with Crippen molar-refractivity contribution in [1.82, 2.24) is 9.97 Å². The molecule has 0 unspecified atom stereocenters. The van der Waals surface area contributed by atoms with Crippen LogP contribution in [0, 0.1) is 0 Å². The second-order valence-electron chi connectivity index (χ2n) is 7.26. The van der Waals surface area contributed by atoms with Gasteiger partial charge in [-0.15, -0.1) is 0 Å². The molecule has 2 heterocycles. The predicted molar refractivity (Wildman–Crippen MR) is 114 cm³/mol. The molecule has 0 bridgehead atoms. The molecule has 1 aromatic heterocycles. The highest BCUT2D eigenvalue weighted by Crippen LogP contribution is 2.29. The summed E-state index contributed by atoms with van der Waals surface area (Å²) < 4.78 is 5.82. The number of carbonyl (C=O) groups is 1. The number of hydrogen-bond donors (Lipinski definition) is 1. The lowest BCUT2D eigenvalue weighted by Gasteiger charge is -2.29. The highest BCUT2D eigenvalue weighted by molar-refractivity contribution is 6.05. The third-order valence-electron chi connectivity index (χ3n) is 4.74. The van der Waals surface area contributed by atoms with Gasteiger partial charge in [0.05, 0.1) is 24.2 Å². The van der Waals surface area contributed by atoms with Gasteiger partial charge >= 0.3 is 0 Å². The Morgan fingerprint density at radius 1 is 1.07 bits per heavy atom. The maximum atomic E-state index is 13.0. The fraction of sp³-hybridized carbons (Fsp3) is 0.261. The van der Waals surface area contributed by atoms with E-state index in [0.717, 1.165) is 30.0 Å². The number of amides is 1. The van der Waals surface area contributed by atoms with E-state index in [9.17, 15) is 4.79 Å². The molecule has 0 aliphatic carbocycles. The first-order valence-electron chi connectivity index (χ1n) is 9.86. The Bertz CT molecular complexity index is 1000. The fourth-order valence-corrected chi connectivity index (χ4v) is 3.45. The van der Waals surface area contributed by atoms with Gasteiger partial charge in [0.1, 0.15) is 17.3 Å². The predicted octanol–water partition coefficient (Wildman–Crippen LogP) is 4.60. The Morgan fingerprint density at radius 2 is 1.86 bits per heavy atom. The molecule has 6 heteroatoms. The third-order valence-corrected chi connectivity index (χ3v) is 4.74. The molecule has 0 fully saturated rings. The minimum absolute atomic E-state index is 0.0662. The van der Waals surface area contributed by atoms with Crippen molar-refractivity contribution in [3.63, 3.8) is 0 Å². The van der Waals surface area contributed by atoms with Crippen LogP contribution in [0.1, 0.15) is 36.3 Å². The van der Waals surface area contributed by atoms with Gasteiger partial charge < -0.3 is 15.0 Å². The molecular weight excluding hydrogens is 364 g/mol. The van der Waals surface area contributed by atoms with E-state index in [4.69, 9.17) is 4.74 Å². The Morgan fingerprint density at radius 3 is 2.66 bits per heavy atom. The Balaban J connectivity index is 1.51. The van der Waals surface area contributed by atoms with Crippen LogP contribution in [0.5, 0.6) is 5.75 Å². The van der Waals surface area contributed by atoms with Gasteiger partial charge in [0.15, 0.2) is 0 Å². The van der Waals surface area contributed by atoms with Gasteiger partial charge in [-0.1, -0.05) is 30.3 Å². The maximum absolute atomic E-state index is 13.0. The first-order chi connectivity index (χ1) is 14.1. The molecule has 1 aliphatic heterocycles. The summed E-state index contributed by atoms with van der Waals surface area (Å²) in [5.74, 6) is 1.18. The first kappa shape index (κ1) is 18.9. The summed E-state index contributed by atoms with van der Waals surface area (Å²) >= 11 is 0. The SMILES string of the molecule is CC(C)Oc1ccccc1Nc1cnc(C(=O)N2CCCc3ccccc32)cn1. The zero-order valence-electron chi connectivity index (χ0n) is 16.6. The molecule has 0 atom stereocenters. The molecule has 1 aliphatic rings. The largest absolute Gasteiger partial charge is 0.489 e. The molecule has 0 saturated carbocycles. The van der Waals surface area contributed by atoms with E-state index < -0.39 is 0 Å². The van der Waals surface area contributed by atoms with Crippen LogP contribution in [0.15, 0.2) is 60.9 Å². The molecule has 29 heavy (non-hydrogen) atoms. The normalized spacial score (nSPS) is 13.1.